The van der Waals surface area contributed by atoms with Gasteiger partial charge in [-0.3, -0.25) is 0 Å². The Balaban J connectivity index is 2.49. The number of hydrogen-bond donors (Lipinski definition) is 2. The molecule has 0 saturated heterocycles. The summed E-state index contributed by atoms with van der Waals surface area (Å²) in [6.07, 6.45) is 2.53. The van der Waals surface area contributed by atoms with Crippen LogP contribution in [0.25, 0.3) is 5.52 Å². The highest BCUT2D eigenvalue weighted by Crippen LogP contribution is 2.20. The van der Waals surface area contributed by atoms with Crippen LogP contribution in [0.3, 0.4) is 0 Å². The quantitative estimate of drug-likeness (QED) is 0.899. The third-order valence-corrected chi connectivity index (χ3v) is 3.10. The van der Waals surface area contributed by atoms with Gasteiger partial charge in [-0.05, 0) is 35.1 Å². The van der Waals surface area contributed by atoms with E-state index in [-0.39, 0.29) is 5.56 Å². The summed E-state index contributed by atoms with van der Waals surface area (Å²) in [5.41, 5.74) is 1.04. The van der Waals surface area contributed by atoms with Crippen molar-refractivity contribution in [1.82, 2.24) is 14.7 Å². The highest BCUT2D eigenvalue weighted by Gasteiger charge is 2.11. The summed E-state index contributed by atoms with van der Waals surface area (Å²) in [7, 11) is 1.88. The summed E-state index contributed by atoms with van der Waals surface area (Å²) < 4.78 is 2.57. The Morgan fingerprint density at radius 1 is 1.65 bits per heavy atom. The molecule has 0 aromatic carbocycles. The van der Waals surface area contributed by atoms with E-state index in [2.05, 4.69) is 26.2 Å². The zero-order valence-corrected chi connectivity index (χ0v) is 10.9. The maximum Gasteiger partial charge on any atom is 0.335 e. The molecule has 0 radical (unpaired) electrons. The van der Waals surface area contributed by atoms with Gasteiger partial charge in [0.25, 0.3) is 0 Å². The van der Waals surface area contributed by atoms with Gasteiger partial charge in [-0.15, -0.1) is 0 Å². The van der Waals surface area contributed by atoms with Gasteiger partial charge in [-0.1, -0.05) is 0 Å². The first-order valence-corrected chi connectivity index (χ1v) is 5.97. The van der Waals surface area contributed by atoms with Crippen molar-refractivity contribution in [3.8, 4) is 0 Å². The first kappa shape index (κ1) is 12.1. The summed E-state index contributed by atoms with van der Waals surface area (Å²) in [6, 6.07) is 3.19. The molecule has 0 aliphatic heterocycles. The van der Waals surface area contributed by atoms with Crippen LogP contribution in [0.1, 0.15) is 16.2 Å². The van der Waals surface area contributed by atoms with Gasteiger partial charge in [0.1, 0.15) is 10.4 Å². The zero-order chi connectivity index (χ0) is 12.4. The maximum atomic E-state index is 10.9. The number of imidazole rings is 1. The molecule has 0 fully saturated rings. The van der Waals surface area contributed by atoms with Crippen LogP contribution in [-0.4, -0.2) is 34.1 Å². The molecule has 0 aliphatic rings. The van der Waals surface area contributed by atoms with Crippen LogP contribution in [0.15, 0.2) is 22.9 Å². The molecule has 2 N–H and O–H groups in total. The SMILES string of the molecule is CNCCc1nc(Br)c2cc(C(=O)O)ccn12. The molecular weight excluding hydrogens is 286 g/mol. The minimum absolute atomic E-state index is 0.262. The highest BCUT2D eigenvalue weighted by atomic mass is 79.9. The van der Waals surface area contributed by atoms with E-state index < -0.39 is 5.97 Å². The average molecular weight is 298 g/mol. The van der Waals surface area contributed by atoms with E-state index in [9.17, 15) is 4.79 Å². The van der Waals surface area contributed by atoms with Crippen molar-refractivity contribution in [2.45, 2.75) is 6.42 Å². The molecule has 2 heterocycles. The van der Waals surface area contributed by atoms with Crippen molar-refractivity contribution >= 4 is 27.4 Å². The third kappa shape index (κ3) is 2.32. The Morgan fingerprint density at radius 3 is 3.06 bits per heavy atom. The van der Waals surface area contributed by atoms with Crippen LogP contribution in [0, 0.1) is 0 Å². The highest BCUT2D eigenvalue weighted by molar-refractivity contribution is 9.10. The van der Waals surface area contributed by atoms with Crippen molar-refractivity contribution in [3.05, 3.63) is 34.3 Å². The number of nitrogens with one attached hydrogen (secondary N) is 1. The molecule has 0 unspecified atom stereocenters. The molecule has 0 atom stereocenters. The number of aromatic nitrogens is 2. The van der Waals surface area contributed by atoms with Crippen LogP contribution in [-0.2, 0) is 6.42 Å². The number of hydrogen-bond acceptors (Lipinski definition) is 3. The Morgan fingerprint density at radius 2 is 2.41 bits per heavy atom. The summed E-state index contributed by atoms with van der Waals surface area (Å²) in [6.45, 7) is 0.826. The number of likely N-dealkylation sites (N-methyl/N-ethyl adjacent to an activating group) is 1. The lowest BCUT2D eigenvalue weighted by atomic mass is 10.2. The molecule has 0 saturated carbocycles. The normalized spacial score (nSPS) is 10.9. The van der Waals surface area contributed by atoms with E-state index in [4.69, 9.17) is 5.11 Å². The second-order valence-electron chi connectivity index (χ2n) is 3.65. The predicted octanol–water partition coefficient (Wildman–Crippen LogP) is 1.56. The van der Waals surface area contributed by atoms with E-state index >= 15 is 0 Å². The zero-order valence-electron chi connectivity index (χ0n) is 9.27. The number of aromatic carboxylic acids is 1. The van der Waals surface area contributed by atoms with Crippen LogP contribution < -0.4 is 5.32 Å². The van der Waals surface area contributed by atoms with Gasteiger partial charge >= 0.3 is 5.97 Å². The smallest absolute Gasteiger partial charge is 0.335 e. The van der Waals surface area contributed by atoms with E-state index in [0.29, 0.717) is 4.60 Å². The molecular formula is C11H12BrN3O2. The number of fused-ring (bicyclic) bond motifs is 1. The van der Waals surface area contributed by atoms with E-state index in [1.54, 1.807) is 18.3 Å². The summed E-state index contributed by atoms with van der Waals surface area (Å²) in [5.74, 6) is -0.0319. The Labute approximate surface area is 107 Å². The monoisotopic (exact) mass is 297 g/mol. The van der Waals surface area contributed by atoms with Crippen LogP contribution >= 0.6 is 15.9 Å². The van der Waals surface area contributed by atoms with E-state index in [0.717, 1.165) is 24.3 Å². The Bertz CT molecular complexity index is 565. The molecule has 90 valence electrons. The maximum absolute atomic E-state index is 10.9. The number of rotatable bonds is 4. The van der Waals surface area contributed by atoms with Gasteiger partial charge in [0.05, 0.1) is 11.1 Å². The van der Waals surface area contributed by atoms with Crippen molar-refractivity contribution in [2.75, 3.05) is 13.6 Å². The van der Waals surface area contributed by atoms with Crippen molar-refractivity contribution in [3.63, 3.8) is 0 Å². The number of nitrogens with zero attached hydrogens (tertiary/aromatic N) is 2. The number of carboxylic acid groups (broad SMARTS) is 1. The summed E-state index contributed by atoms with van der Waals surface area (Å²) >= 11 is 3.35. The van der Waals surface area contributed by atoms with Gasteiger partial charge in [0.2, 0.25) is 0 Å². The summed E-state index contributed by atoms with van der Waals surface area (Å²) in [4.78, 5) is 15.3. The van der Waals surface area contributed by atoms with Gasteiger partial charge in [-0.25, -0.2) is 9.78 Å². The molecule has 0 amide bonds. The summed E-state index contributed by atoms with van der Waals surface area (Å²) in [5, 5.41) is 12.0. The second kappa shape index (κ2) is 4.85. The van der Waals surface area contributed by atoms with E-state index in [1.165, 1.54) is 0 Å². The lowest BCUT2D eigenvalue weighted by Crippen LogP contribution is -2.12. The second-order valence-corrected chi connectivity index (χ2v) is 4.40. The molecule has 6 heteroatoms. The topological polar surface area (TPSA) is 66.6 Å². The standard InChI is InChI=1S/C11H12BrN3O2/c1-13-4-2-9-14-10(12)8-6-7(11(16)17)3-5-15(8)9/h3,5-6,13H,2,4H2,1H3,(H,16,17). The Hall–Kier alpha value is -1.40. The van der Waals surface area contributed by atoms with Gasteiger partial charge in [0.15, 0.2) is 0 Å². The molecule has 2 aromatic rings. The largest absolute Gasteiger partial charge is 0.478 e. The van der Waals surface area contributed by atoms with Crippen molar-refractivity contribution in [2.24, 2.45) is 0 Å². The van der Waals surface area contributed by atoms with E-state index in [1.807, 2.05) is 11.4 Å². The van der Waals surface area contributed by atoms with Gasteiger partial charge < -0.3 is 14.8 Å². The van der Waals surface area contributed by atoms with Crippen LogP contribution in [0.5, 0.6) is 0 Å². The lowest BCUT2D eigenvalue weighted by molar-refractivity contribution is 0.0697. The number of pyridine rings is 1. The predicted molar refractivity (Wildman–Crippen MR) is 67.5 cm³/mol. The fraction of sp³-hybridized carbons (Fsp3) is 0.273. The molecule has 0 bridgehead atoms. The van der Waals surface area contributed by atoms with Crippen molar-refractivity contribution < 1.29 is 9.90 Å². The van der Waals surface area contributed by atoms with Crippen molar-refractivity contribution in [1.29, 1.82) is 0 Å². The average Bonchev–Trinajstić information content (AvgIpc) is 2.63. The first-order valence-electron chi connectivity index (χ1n) is 5.18. The number of carbonyl (C=O) groups is 1. The third-order valence-electron chi connectivity index (χ3n) is 2.52. The van der Waals surface area contributed by atoms with Gasteiger partial charge in [-0.2, -0.15) is 0 Å². The number of halogens is 1. The fourth-order valence-electron chi connectivity index (χ4n) is 1.65. The minimum atomic E-state index is -0.933. The Kier molecular flexibility index (Phi) is 3.44. The molecule has 17 heavy (non-hydrogen) atoms. The molecule has 0 aliphatic carbocycles. The lowest BCUT2D eigenvalue weighted by Gasteiger charge is -2.01. The molecule has 5 nitrogen and oxygen atoms in total. The fourth-order valence-corrected chi connectivity index (χ4v) is 2.16. The van der Waals surface area contributed by atoms with Gasteiger partial charge in [0, 0.05) is 19.2 Å². The molecule has 0 spiro atoms. The van der Waals surface area contributed by atoms with Crippen LogP contribution in [0.2, 0.25) is 0 Å². The number of carboxylic acids is 1. The van der Waals surface area contributed by atoms with Crippen LogP contribution in [0.4, 0.5) is 0 Å². The minimum Gasteiger partial charge on any atom is -0.478 e. The molecule has 2 aromatic heterocycles. The molecule has 2 rings (SSSR count). The first-order chi connectivity index (χ1) is 8.13.